The Morgan fingerprint density at radius 3 is 2.38 bits per heavy atom. The van der Waals surface area contributed by atoms with Crippen LogP contribution in [0.2, 0.25) is 0 Å². The summed E-state index contributed by atoms with van der Waals surface area (Å²) >= 11 is 0. The van der Waals surface area contributed by atoms with Gasteiger partial charge in [-0.05, 0) is 67.1 Å². The van der Waals surface area contributed by atoms with Crippen molar-refractivity contribution in [2.45, 2.75) is 13.0 Å². The highest BCUT2D eigenvalue weighted by Gasteiger charge is 2.44. The van der Waals surface area contributed by atoms with E-state index in [2.05, 4.69) is 0 Å². The molecule has 1 aliphatic rings. The average Bonchev–Trinajstić information content (AvgIpc) is 3.21. The Kier molecular flexibility index (Phi) is 6.12. The van der Waals surface area contributed by atoms with Crippen LogP contribution in [-0.2, 0) is 4.74 Å². The van der Waals surface area contributed by atoms with Crippen molar-refractivity contribution in [2.24, 2.45) is 0 Å². The van der Waals surface area contributed by atoms with E-state index in [1.54, 1.807) is 37.3 Å². The van der Waals surface area contributed by atoms with Crippen molar-refractivity contribution >= 4 is 28.5 Å². The van der Waals surface area contributed by atoms with Crippen molar-refractivity contribution < 1.29 is 32.6 Å². The van der Waals surface area contributed by atoms with Crippen molar-refractivity contribution in [2.75, 3.05) is 25.7 Å². The van der Waals surface area contributed by atoms with Gasteiger partial charge in [0.05, 0.1) is 43.4 Å². The van der Waals surface area contributed by atoms with Crippen molar-refractivity contribution in [3.05, 3.63) is 99.2 Å². The molecule has 1 unspecified atom stereocenters. The number of amides is 1. The first kappa shape index (κ1) is 24.1. The van der Waals surface area contributed by atoms with Crippen LogP contribution in [0.3, 0.4) is 0 Å². The molecule has 0 spiro atoms. The molecular weight excluding hydrogens is 481 g/mol. The molecule has 3 aromatic carbocycles. The summed E-state index contributed by atoms with van der Waals surface area (Å²) in [5, 5.41) is 0.0246. The van der Waals surface area contributed by atoms with Crippen LogP contribution in [0.25, 0.3) is 11.0 Å². The van der Waals surface area contributed by atoms with Crippen LogP contribution < -0.4 is 19.8 Å². The average molecular weight is 503 g/mol. The number of benzene rings is 3. The van der Waals surface area contributed by atoms with Gasteiger partial charge in [0.15, 0.2) is 16.9 Å². The van der Waals surface area contributed by atoms with E-state index >= 15 is 0 Å². The Labute approximate surface area is 210 Å². The lowest BCUT2D eigenvalue weighted by Crippen LogP contribution is -2.29. The Morgan fingerprint density at radius 2 is 1.70 bits per heavy atom. The van der Waals surface area contributed by atoms with Crippen LogP contribution in [0, 0.1) is 5.82 Å². The van der Waals surface area contributed by atoms with Crippen LogP contribution in [0.1, 0.15) is 45.0 Å². The summed E-state index contributed by atoms with van der Waals surface area (Å²) < 4.78 is 35.7. The van der Waals surface area contributed by atoms with E-state index < -0.39 is 29.2 Å². The van der Waals surface area contributed by atoms with Gasteiger partial charge in [-0.3, -0.25) is 14.5 Å². The van der Waals surface area contributed by atoms with Gasteiger partial charge >= 0.3 is 5.97 Å². The molecule has 37 heavy (non-hydrogen) atoms. The molecule has 188 valence electrons. The van der Waals surface area contributed by atoms with Gasteiger partial charge in [0.1, 0.15) is 11.4 Å². The van der Waals surface area contributed by atoms with Crippen molar-refractivity contribution in [3.8, 4) is 11.5 Å². The highest BCUT2D eigenvalue weighted by Crippen LogP contribution is 2.43. The topological polar surface area (TPSA) is 95.3 Å². The Morgan fingerprint density at radius 1 is 0.973 bits per heavy atom. The first-order valence-corrected chi connectivity index (χ1v) is 11.5. The summed E-state index contributed by atoms with van der Waals surface area (Å²) in [6.45, 7) is 1.93. The smallest absolute Gasteiger partial charge is 0.338 e. The quantitative estimate of drug-likeness (QED) is 0.346. The number of ether oxygens (including phenoxy) is 3. The molecular formula is C28H22FNO7. The molecule has 0 bridgehead atoms. The molecule has 0 saturated heterocycles. The van der Waals surface area contributed by atoms with Gasteiger partial charge in [0, 0.05) is 5.69 Å². The minimum atomic E-state index is -0.917. The van der Waals surface area contributed by atoms with E-state index in [-0.39, 0.29) is 28.9 Å². The van der Waals surface area contributed by atoms with Crippen LogP contribution in [0.4, 0.5) is 10.1 Å². The Hall–Kier alpha value is -4.66. The molecule has 0 aliphatic carbocycles. The molecule has 1 atom stereocenters. The van der Waals surface area contributed by atoms with E-state index in [4.69, 9.17) is 18.6 Å². The molecule has 4 aromatic rings. The van der Waals surface area contributed by atoms with Crippen molar-refractivity contribution in [3.63, 3.8) is 0 Å². The standard InChI is InChI=1S/C28H22FNO7/c1-4-36-28(33)15-5-9-18(10-6-15)30-24(16-7-11-21(34-2)22(13-16)35-3)23-25(31)19-14-17(29)8-12-20(19)37-26(23)27(30)32/h5-14,24H,4H2,1-3H3. The molecule has 1 amide bonds. The molecule has 8 nitrogen and oxygen atoms in total. The summed E-state index contributed by atoms with van der Waals surface area (Å²) in [7, 11) is 2.98. The summed E-state index contributed by atoms with van der Waals surface area (Å²) in [4.78, 5) is 40.9. The fourth-order valence-corrected chi connectivity index (χ4v) is 4.52. The summed E-state index contributed by atoms with van der Waals surface area (Å²) in [5.74, 6) is -0.923. The number of hydrogen-bond donors (Lipinski definition) is 0. The molecule has 0 saturated carbocycles. The zero-order valence-electron chi connectivity index (χ0n) is 20.2. The van der Waals surface area contributed by atoms with Crippen LogP contribution in [0.5, 0.6) is 11.5 Å². The molecule has 2 heterocycles. The zero-order valence-corrected chi connectivity index (χ0v) is 20.2. The van der Waals surface area contributed by atoms with Crippen LogP contribution in [-0.4, -0.2) is 32.7 Å². The SMILES string of the molecule is CCOC(=O)c1ccc(N2C(=O)c3oc4ccc(F)cc4c(=O)c3C2c2ccc(OC)c(OC)c2)cc1. The highest BCUT2D eigenvalue weighted by atomic mass is 19.1. The van der Waals surface area contributed by atoms with E-state index in [0.717, 1.165) is 12.1 Å². The first-order chi connectivity index (χ1) is 17.9. The predicted molar refractivity (Wildman–Crippen MR) is 133 cm³/mol. The third kappa shape index (κ3) is 3.98. The predicted octanol–water partition coefficient (Wildman–Crippen LogP) is 4.88. The van der Waals surface area contributed by atoms with Crippen molar-refractivity contribution in [1.82, 2.24) is 0 Å². The molecule has 5 rings (SSSR count). The third-order valence-electron chi connectivity index (χ3n) is 6.21. The number of esters is 1. The number of halogens is 1. The van der Waals surface area contributed by atoms with Gasteiger partial charge in [0.2, 0.25) is 5.76 Å². The van der Waals surface area contributed by atoms with E-state index in [9.17, 15) is 18.8 Å². The maximum absolute atomic E-state index is 14.0. The molecule has 9 heteroatoms. The van der Waals surface area contributed by atoms with Gasteiger partial charge in [0.25, 0.3) is 5.91 Å². The Balaban J connectivity index is 1.73. The van der Waals surface area contributed by atoms with E-state index in [1.165, 1.54) is 37.3 Å². The fourth-order valence-electron chi connectivity index (χ4n) is 4.52. The number of carbonyl (C=O) groups excluding carboxylic acids is 2. The van der Waals surface area contributed by atoms with Gasteiger partial charge in [-0.1, -0.05) is 6.07 Å². The number of anilines is 1. The fraction of sp³-hybridized carbons (Fsp3) is 0.179. The number of methoxy groups -OCH3 is 2. The summed E-state index contributed by atoms with van der Waals surface area (Å²) in [5.41, 5.74) is 0.928. The summed E-state index contributed by atoms with van der Waals surface area (Å²) in [6, 6.07) is 14.0. The molecule has 0 radical (unpaired) electrons. The number of nitrogens with zero attached hydrogens (tertiary/aromatic N) is 1. The lowest BCUT2D eigenvalue weighted by Gasteiger charge is -2.26. The lowest BCUT2D eigenvalue weighted by molar-refractivity contribution is 0.0526. The molecule has 1 aromatic heterocycles. The van der Waals surface area contributed by atoms with Gasteiger partial charge in [-0.2, -0.15) is 0 Å². The third-order valence-corrected chi connectivity index (χ3v) is 6.21. The monoisotopic (exact) mass is 503 g/mol. The minimum absolute atomic E-state index is 0.0246. The second kappa shape index (κ2) is 9.42. The first-order valence-electron chi connectivity index (χ1n) is 11.5. The number of rotatable bonds is 6. The molecule has 0 N–H and O–H groups in total. The normalized spacial score (nSPS) is 14.5. The number of hydrogen-bond acceptors (Lipinski definition) is 7. The van der Waals surface area contributed by atoms with E-state index in [1.807, 2.05) is 0 Å². The van der Waals surface area contributed by atoms with Crippen molar-refractivity contribution in [1.29, 1.82) is 0 Å². The minimum Gasteiger partial charge on any atom is -0.493 e. The lowest BCUT2D eigenvalue weighted by atomic mass is 9.97. The van der Waals surface area contributed by atoms with Crippen LogP contribution in [0.15, 0.2) is 69.9 Å². The summed E-state index contributed by atoms with van der Waals surface area (Å²) in [6.07, 6.45) is 0. The number of fused-ring (bicyclic) bond motifs is 2. The second-order valence-electron chi connectivity index (χ2n) is 8.27. The van der Waals surface area contributed by atoms with Crippen LogP contribution >= 0.6 is 0 Å². The van der Waals surface area contributed by atoms with E-state index in [0.29, 0.717) is 28.3 Å². The molecule has 0 fully saturated rings. The zero-order chi connectivity index (χ0) is 26.3. The van der Waals surface area contributed by atoms with Gasteiger partial charge in [-0.25, -0.2) is 9.18 Å². The highest BCUT2D eigenvalue weighted by molar-refractivity contribution is 6.10. The maximum atomic E-state index is 14.0. The Bertz CT molecular complexity index is 1590. The maximum Gasteiger partial charge on any atom is 0.338 e. The number of carbonyl (C=O) groups is 2. The largest absolute Gasteiger partial charge is 0.493 e. The second-order valence-corrected chi connectivity index (χ2v) is 8.27. The molecule has 1 aliphatic heterocycles. The van der Waals surface area contributed by atoms with Gasteiger partial charge < -0.3 is 18.6 Å². The van der Waals surface area contributed by atoms with Gasteiger partial charge in [-0.15, -0.1) is 0 Å².